The van der Waals surface area contributed by atoms with Crippen LogP contribution in [0.3, 0.4) is 0 Å². The SMILES string of the molecule is CCn1cc(C(F)(F)F)nc1-c1ncc(COc2nc(C)nc3cc(C)n(SF)c23)cc1F. The summed E-state index contributed by atoms with van der Waals surface area (Å²) in [5.74, 6) is -0.564. The second kappa shape index (κ2) is 8.61. The Morgan fingerprint density at radius 3 is 2.52 bits per heavy atom. The van der Waals surface area contributed by atoms with Crippen LogP contribution in [0.2, 0.25) is 0 Å². The van der Waals surface area contributed by atoms with E-state index in [1.54, 1.807) is 26.8 Å². The van der Waals surface area contributed by atoms with E-state index >= 15 is 0 Å². The van der Waals surface area contributed by atoms with Crippen LogP contribution in [0.4, 0.5) is 21.4 Å². The van der Waals surface area contributed by atoms with Crippen molar-refractivity contribution in [3.63, 3.8) is 0 Å². The summed E-state index contributed by atoms with van der Waals surface area (Å²) in [4.78, 5) is 16.0. The highest BCUT2D eigenvalue weighted by atomic mass is 32.2. The quantitative estimate of drug-likeness (QED) is 0.339. The molecular formula is C20H17F5N6OS. The smallest absolute Gasteiger partial charge is 0.434 e. The summed E-state index contributed by atoms with van der Waals surface area (Å²) in [6.45, 7) is 4.97. The molecule has 0 atom stereocenters. The molecule has 0 radical (unpaired) electrons. The van der Waals surface area contributed by atoms with Crippen molar-refractivity contribution < 1.29 is 26.2 Å². The fraction of sp³-hybridized carbons (Fsp3) is 0.300. The van der Waals surface area contributed by atoms with Crippen molar-refractivity contribution in [3.8, 4) is 17.4 Å². The highest BCUT2D eigenvalue weighted by molar-refractivity contribution is 7.93. The Hall–Kier alpha value is -3.22. The predicted molar refractivity (Wildman–Crippen MR) is 112 cm³/mol. The Labute approximate surface area is 189 Å². The van der Waals surface area contributed by atoms with Crippen molar-refractivity contribution in [3.05, 3.63) is 53.1 Å². The number of aromatic nitrogens is 6. The van der Waals surface area contributed by atoms with Crippen LogP contribution in [0, 0.1) is 19.7 Å². The number of alkyl halides is 3. The van der Waals surface area contributed by atoms with E-state index in [0.717, 1.165) is 12.3 Å². The van der Waals surface area contributed by atoms with Crippen LogP contribution in [0.5, 0.6) is 5.88 Å². The van der Waals surface area contributed by atoms with Gasteiger partial charge in [-0.2, -0.15) is 18.2 Å². The third-order valence-electron chi connectivity index (χ3n) is 4.82. The van der Waals surface area contributed by atoms with E-state index in [-0.39, 0.29) is 42.9 Å². The predicted octanol–water partition coefficient (Wildman–Crippen LogP) is 5.44. The first-order chi connectivity index (χ1) is 15.6. The Morgan fingerprint density at radius 2 is 1.88 bits per heavy atom. The van der Waals surface area contributed by atoms with Crippen LogP contribution in [0.1, 0.15) is 29.7 Å². The zero-order valence-electron chi connectivity index (χ0n) is 17.6. The maximum atomic E-state index is 14.8. The first kappa shape index (κ1) is 23.0. The number of fused-ring (bicyclic) bond motifs is 1. The average Bonchev–Trinajstić information content (AvgIpc) is 3.32. The second-order valence-corrected chi connectivity index (χ2v) is 7.66. The second-order valence-electron chi connectivity index (χ2n) is 7.16. The number of rotatable bonds is 6. The number of hydrogen-bond donors (Lipinski definition) is 0. The summed E-state index contributed by atoms with van der Waals surface area (Å²) in [6, 6.07) is 2.79. The minimum Gasteiger partial charge on any atom is -0.471 e. The third kappa shape index (κ3) is 4.36. The molecular weight excluding hydrogens is 467 g/mol. The molecule has 0 saturated carbocycles. The molecule has 0 amide bonds. The van der Waals surface area contributed by atoms with Gasteiger partial charge in [-0.3, -0.25) is 3.97 Å². The fourth-order valence-corrected chi connectivity index (χ4v) is 3.73. The molecule has 0 unspecified atom stereocenters. The topological polar surface area (TPSA) is 70.7 Å². The molecule has 0 spiro atoms. The number of imidazole rings is 1. The lowest BCUT2D eigenvalue weighted by Crippen LogP contribution is -2.05. The highest BCUT2D eigenvalue weighted by Gasteiger charge is 2.35. The minimum atomic E-state index is -4.66. The lowest BCUT2D eigenvalue weighted by molar-refractivity contribution is -0.140. The van der Waals surface area contributed by atoms with Gasteiger partial charge in [-0.15, -0.1) is 3.89 Å². The molecule has 4 aromatic heterocycles. The maximum absolute atomic E-state index is 14.8. The molecule has 4 rings (SSSR count). The molecule has 174 valence electrons. The average molecular weight is 484 g/mol. The standard InChI is InChI=1S/C20H17F5N6OS/c1-4-30-8-15(20(22,23)24)29-18(30)16-13(21)6-12(7-26-16)9-32-19-17-14(27-11(3)28-19)5-10(2)31(17)33-25/h5-8H,4,9H2,1-3H3. The monoisotopic (exact) mass is 484 g/mol. The van der Waals surface area contributed by atoms with Gasteiger partial charge in [-0.1, -0.05) is 0 Å². The molecule has 33 heavy (non-hydrogen) atoms. The lowest BCUT2D eigenvalue weighted by Gasteiger charge is -2.10. The Bertz CT molecular complexity index is 1330. The summed E-state index contributed by atoms with van der Waals surface area (Å²) < 4.78 is 75.4. The van der Waals surface area contributed by atoms with E-state index in [1.165, 1.54) is 14.7 Å². The molecule has 0 fully saturated rings. The summed E-state index contributed by atoms with van der Waals surface area (Å²) in [6.07, 6.45) is -2.57. The number of halogens is 5. The molecule has 0 aromatic carbocycles. The van der Waals surface area contributed by atoms with Gasteiger partial charge >= 0.3 is 6.18 Å². The van der Waals surface area contributed by atoms with E-state index in [9.17, 15) is 21.4 Å². The molecule has 0 N–H and O–H groups in total. The molecule has 0 aliphatic heterocycles. The van der Waals surface area contributed by atoms with Gasteiger partial charge in [0.05, 0.1) is 5.52 Å². The number of ether oxygens (including phenoxy) is 1. The first-order valence-corrected chi connectivity index (χ1v) is 10.4. The van der Waals surface area contributed by atoms with Crippen molar-refractivity contribution in [2.75, 3.05) is 0 Å². The van der Waals surface area contributed by atoms with E-state index in [2.05, 4.69) is 19.9 Å². The van der Waals surface area contributed by atoms with Gasteiger partial charge in [-0.25, -0.2) is 19.3 Å². The fourth-order valence-electron chi connectivity index (χ4n) is 3.33. The minimum absolute atomic E-state index is 0.0226. The van der Waals surface area contributed by atoms with Crippen LogP contribution >= 0.6 is 12.3 Å². The largest absolute Gasteiger partial charge is 0.471 e. The zero-order valence-corrected chi connectivity index (χ0v) is 18.4. The highest BCUT2D eigenvalue weighted by Crippen LogP contribution is 2.32. The molecule has 0 bridgehead atoms. The van der Waals surface area contributed by atoms with Crippen LogP contribution in [-0.4, -0.2) is 28.5 Å². The van der Waals surface area contributed by atoms with E-state index < -0.39 is 17.7 Å². The van der Waals surface area contributed by atoms with E-state index in [0.29, 0.717) is 28.1 Å². The summed E-state index contributed by atoms with van der Waals surface area (Å²) in [5.41, 5.74) is 0.292. The normalized spacial score (nSPS) is 12.0. The summed E-state index contributed by atoms with van der Waals surface area (Å²) >= 11 is -0.0226. The zero-order chi connectivity index (χ0) is 23.9. The molecule has 4 heterocycles. The number of aryl methyl sites for hydroxylation is 3. The maximum Gasteiger partial charge on any atom is 0.434 e. The van der Waals surface area contributed by atoms with Gasteiger partial charge in [-0.05, 0) is 32.9 Å². The van der Waals surface area contributed by atoms with Crippen molar-refractivity contribution in [2.45, 2.75) is 40.1 Å². The van der Waals surface area contributed by atoms with Crippen molar-refractivity contribution >= 4 is 23.4 Å². The van der Waals surface area contributed by atoms with Gasteiger partial charge < -0.3 is 9.30 Å². The van der Waals surface area contributed by atoms with Crippen molar-refractivity contribution in [1.29, 1.82) is 0 Å². The lowest BCUT2D eigenvalue weighted by atomic mass is 10.2. The summed E-state index contributed by atoms with van der Waals surface area (Å²) in [7, 11) is 0. The molecule has 0 saturated heterocycles. The van der Waals surface area contributed by atoms with Gasteiger partial charge in [0.25, 0.3) is 0 Å². The third-order valence-corrected chi connectivity index (χ3v) is 5.43. The number of nitrogens with zero attached hydrogens (tertiary/aromatic N) is 6. The van der Waals surface area contributed by atoms with Gasteiger partial charge in [0.15, 0.2) is 29.7 Å². The van der Waals surface area contributed by atoms with Gasteiger partial charge in [0.1, 0.15) is 23.6 Å². The van der Waals surface area contributed by atoms with Crippen LogP contribution in [0.15, 0.2) is 24.5 Å². The van der Waals surface area contributed by atoms with Crippen LogP contribution in [-0.2, 0) is 19.3 Å². The summed E-state index contributed by atoms with van der Waals surface area (Å²) in [5, 5.41) is 0. The first-order valence-electron chi connectivity index (χ1n) is 9.70. The number of pyridine rings is 1. The Kier molecular flexibility index (Phi) is 5.99. The van der Waals surface area contributed by atoms with Crippen molar-refractivity contribution in [1.82, 2.24) is 28.5 Å². The molecule has 4 aromatic rings. The number of hydrogen-bond acceptors (Lipinski definition) is 6. The molecule has 0 aliphatic rings. The Balaban J connectivity index is 1.63. The molecule has 0 aliphatic carbocycles. The van der Waals surface area contributed by atoms with E-state index in [4.69, 9.17) is 4.74 Å². The van der Waals surface area contributed by atoms with Gasteiger partial charge in [0.2, 0.25) is 5.88 Å². The van der Waals surface area contributed by atoms with Crippen LogP contribution < -0.4 is 4.74 Å². The van der Waals surface area contributed by atoms with Crippen molar-refractivity contribution in [2.24, 2.45) is 0 Å². The Morgan fingerprint density at radius 1 is 1.12 bits per heavy atom. The molecule has 13 heteroatoms. The van der Waals surface area contributed by atoms with Crippen LogP contribution in [0.25, 0.3) is 22.6 Å². The van der Waals surface area contributed by atoms with Gasteiger partial charge in [0, 0.05) is 30.2 Å². The molecule has 7 nitrogen and oxygen atoms in total. The van der Waals surface area contributed by atoms with E-state index in [1.807, 2.05) is 0 Å².